The van der Waals surface area contributed by atoms with Crippen LogP contribution in [0, 0.1) is 6.92 Å². The first-order valence-electron chi connectivity index (χ1n) is 13.7. The molecule has 2 N–H and O–H groups in total. The Hall–Kier alpha value is -3.82. The summed E-state index contributed by atoms with van der Waals surface area (Å²) in [4.78, 5) is 14.7. The molecule has 2 heterocycles. The summed E-state index contributed by atoms with van der Waals surface area (Å²) in [5, 5.41) is 0.561. The topological polar surface area (TPSA) is 106 Å². The Morgan fingerprint density at radius 3 is 2.48 bits per heavy atom. The zero-order valence-electron chi connectivity index (χ0n) is 22.9. The lowest BCUT2D eigenvalue weighted by Gasteiger charge is -2.35. The van der Waals surface area contributed by atoms with Crippen molar-refractivity contribution in [2.75, 3.05) is 35.4 Å². The van der Waals surface area contributed by atoms with E-state index in [9.17, 15) is 13.2 Å². The molecule has 1 aliphatic rings. The molecule has 1 aliphatic heterocycles. The quantitative estimate of drug-likeness (QED) is 0.277. The van der Waals surface area contributed by atoms with Crippen molar-refractivity contribution in [1.29, 1.82) is 0 Å². The van der Waals surface area contributed by atoms with Crippen LogP contribution in [0.5, 0.6) is 0 Å². The molecule has 0 amide bonds. The number of esters is 1. The third-order valence-electron chi connectivity index (χ3n) is 7.43. The molecule has 0 unspecified atom stereocenters. The number of rotatable bonds is 9. The molecule has 0 bridgehead atoms. The Bertz CT molecular complexity index is 1590. The van der Waals surface area contributed by atoms with Gasteiger partial charge in [0.05, 0.1) is 22.9 Å². The molecular formula is C31H35N3O5S. The Balaban J connectivity index is 1.57. The van der Waals surface area contributed by atoms with Gasteiger partial charge in [-0.15, -0.1) is 0 Å². The molecule has 0 saturated carbocycles. The minimum absolute atomic E-state index is 0.0842. The summed E-state index contributed by atoms with van der Waals surface area (Å²) in [5.74, 6) is -0.485. The molecule has 0 atom stereocenters. The number of ether oxygens (including phenoxy) is 1. The fraction of sp³-hybridized carbons (Fsp3) is 0.323. The zero-order valence-corrected chi connectivity index (χ0v) is 23.7. The highest BCUT2D eigenvalue weighted by Crippen LogP contribution is 2.36. The third-order valence-corrected chi connectivity index (χ3v) is 9.24. The van der Waals surface area contributed by atoms with Gasteiger partial charge in [-0.3, -0.25) is 4.31 Å². The van der Waals surface area contributed by atoms with Crippen molar-refractivity contribution < 1.29 is 22.4 Å². The van der Waals surface area contributed by atoms with Crippen molar-refractivity contribution >= 4 is 38.3 Å². The Morgan fingerprint density at radius 1 is 1.05 bits per heavy atom. The molecule has 9 heteroatoms. The SMILES string of the molecule is CCOC(=O)c1oc2ccc(S(=O)(=O)N(CCc3ccccc3)c3ccccc3N3CCC(N)CC3)cc2c1C. The number of hydrogen-bond donors (Lipinski definition) is 1. The van der Waals surface area contributed by atoms with E-state index in [0.29, 0.717) is 28.6 Å². The van der Waals surface area contributed by atoms with Crippen LogP contribution in [0.2, 0.25) is 0 Å². The van der Waals surface area contributed by atoms with Crippen LogP contribution in [0.15, 0.2) is 82.1 Å². The van der Waals surface area contributed by atoms with E-state index in [1.165, 1.54) is 10.4 Å². The number of para-hydroxylation sites is 2. The second-order valence-corrected chi connectivity index (χ2v) is 11.9. The lowest BCUT2D eigenvalue weighted by atomic mass is 10.0. The number of nitrogens with two attached hydrogens (primary N) is 1. The van der Waals surface area contributed by atoms with Crippen LogP contribution in [0.1, 0.15) is 41.4 Å². The monoisotopic (exact) mass is 561 g/mol. The molecule has 1 saturated heterocycles. The summed E-state index contributed by atoms with van der Waals surface area (Å²) >= 11 is 0. The molecular weight excluding hydrogens is 526 g/mol. The molecule has 40 heavy (non-hydrogen) atoms. The standard InChI is InChI=1S/C31H35N3O5S/c1-3-38-31(35)30-22(2)26-21-25(13-14-29(26)39-30)40(36,37)34(20-15-23-9-5-4-6-10-23)28-12-8-7-11-27(28)33-18-16-24(32)17-19-33/h4-14,21,24H,3,15-20,32H2,1-2H3. The average Bonchev–Trinajstić information content (AvgIpc) is 3.30. The van der Waals surface area contributed by atoms with Gasteiger partial charge in [-0.2, -0.15) is 0 Å². The van der Waals surface area contributed by atoms with Gasteiger partial charge in [0, 0.05) is 36.6 Å². The number of sulfonamides is 1. The van der Waals surface area contributed by atoms with Gasteiger partial charge in [0.2, 0.25) is 5.76 Å². The van der Waals surface area contributed by atoms with Gasteiger partial charge in [0.25, 0.3) is 10.0 Å². The van der Waals surface area contributed by atoms with Crippen LogP contribution in [-0.2, 0) is 21.2 Å². The number of aryl methyl sites for hydroxylation is 1. The minimum Gasteiger partial charge on any atom is -0.460 e. The van der Waals surface area contributed by atoms with Crippen molar-refractivity contribution in [2.24, 2.45) is 5.73 Å². The number of furan rings is 1. The number of nitrogens with zero attached hydrogens (tertiary/aromatic N) is 2. The molecule has 3 aromatic carbocycles. The fourth-order valence-electron chi connectivity index (χ4n) is 5.21. The normalized spacial score (nSPS) is 14.4. The lowest BCUT2D eigenvalue weighted by molar-refractivity contribution is 0.0491. The molecule has 1 fully saturated rings. The maximum Gasteiger partial charge on any atom is 0.374 e. The van der Waals surface area contributed by atoms with Gasteiger partial charge in [-0.25, -0.2) is 13.2 Å². The summed E-state index contributed by atoms with van der Waals surface area (Å²) < 4.78 is 41.2. The largest absolute Gasteiger partial charge is 0.460 e. The minimum atomic E-state index is -4.00. The number of anilines is 2. The Kier molecular flexibility index (Phi) is 8.14. The van der Waals surface area contributed by atoms with Crippen molar-refractivity contribution in [1.82, 2.24) is 0 Å². The molecule has 4 aromatic rings. The fourth-order valence-corrected chi connectivity index (χ4v) is 6.71. The highest BCUT2D eigenvalue weighted by Gasteiger charge is 2.30. The van der Waals surface area contributed by atoms with E-state index in [1.807, 2.05) is 54.6 Å². The third kappa shape index (κ3) is 5.57. The summed E-state index contributed by atoms with van der Waals surface area (Å²) in [6.45, 7) is 5.46. The van der Waals surface area contributed by atoms with E-state index < -0.39 is 16.0 Å². The second kappa shape index (κ2) is 11.7. The summed E-state index contributed by atoms with van der Waals surface area (Å²) in [7, 11) is -4.00. The van der Waals surface area contributed by atoms with Gasteiger partial charge >= 0.3 is 5.97 Å². The Labute approximate surface area is 235 Å². The van der Waals surface area contributed by atoms with Crippen molar-refractivity contribution in [2.45, 2.75) is 44.0 Å². The van der Waals surface area contributed by atoms with E-state index in [1.54, 1.807) is 26.0 Å². The summed E-state index contributed by atoms with van der Waals surface area (Å²) in [6, 6.07) is 22.4. The molecule has 210 valence electrons. The smallest absolute Gasteiger partial charge is 0.374 e. The first-order chi connectivity index (χ1) is 19.3. The molecule has 8 nitrogen and oxygen atoms in total. The second-order valence-electron chi connectivity index (χ2n) is 10.1. The number of fused-ring (bicyclic) bond motifs is 1. The molecule has 0 aliphatic carbocycles. The van der Waals surface area contributed by atoms with Crippen LogP contribution in [-0.4, -0.2) is 46.7 Å². The van der Waals surface area contributed by atoms with E-state index in [-0.39, 0.29) is 29.8 Å². The van der Waals surface area contributed by atoms with Gasteiger partial charge in [0.1, 0.15) is 5.58 Å². The number of carbonyl (C=O) groups is 1. The Morgan fingerprint density at radius 2 is 1.75 bits per heavy atom. The number of hydrogen-bond acceptors (Lipinski definition) is 7. The van der Waals surface area contributed by atoms with E-state index in [2.05, 4.69) is 4.90 Å². The van der Waals surface area contributed by atoms with Crippen LogP contribution >= 0.6 is 0 Å². The number of benzene rings is 3. The highest BCUT2D eigenvalue weighted by atomic mass is 32.2. The van der Waals surface area contributed by atoms with Crippen molar-refractivity contribution in [3.63, 3.8) is 0 Å². The first kappa shape index (κ1) is 27.7. The predicted molar refractivity (Wildman–Crippen MR) is 157 cm³/mol. The van der Waals surface area contributed by atoms with E-state index >= 15 is 0 Å². The van der Waals surface area contributed by atoms with Crippen LogP contribution < -0.4 is 14.9 Å². The summed E-state index contributed by atoms with van der Waals surface area (Å²) in [6.07, 6.45) is 2.24. The van der Waals surface area contributed by atoms with Crippen LogP contribution in [0.25, 0.3) is 11.0 Å². The predicted octanol–water partition coefficient (Wildman–Crippen LogP) is 5.28. The van der Waals surface area contributed by atoms with Crippen LogP contribution in [0.3, 0.4) is 0 Å². The van der Waals surface area contributed by atoms with Crippen molar-refractivity contribution in [3.05, 3.63) is 89.7 Å². The number of carbonyl (C=O) groups excluding carboxylic acids is 1. The number of piperidine rings is 1. The van der Waals surface area contributed by atoms with E-state index in [4.69, 9.17) is 14.9 Å². The van der Waals surface area contributed by atoms with Gasteiger partial charge < -0.3 is 19.8 Å². The van der Waals surface area contributed by atoms with Gasteiger partial charge in [-0.05, 0) is 69.0 Å². The van der Waals surface area contributed by atoms with E-state index in [0.717, 1.165) is 37.2 Å². The molecule has 0 radical (unpaired) electrons. The van der Waals surface area contributed by atoms with Gasteiger partial charge in [-0.1, -0.05) is 42.5 Å². The molecule has 0 spiro atoms. The lowest BCUT2D eigenvalue weighted by Crippen LogP contribution is -2.41. The average molecular weight is 562 g/mol. The highest BCUT2D eigenvalue weighted by molar-refractivity contribution is 7.92. The van der Waals surface area contributed by atoms with Crippen molar-refractivity contribution in [3.8, 4) is 0 Å². The first-order valence-corrected chi connectivity index (χ1v) is 15.1. The molecule has 5 rings (SSSR count). The summed E-state index contributed by atoms with van der Waals surface area (Å²) in [5.41, 5.74) is 9.68. The maximum atomic E-state index is 14.4. The maximum absolute atomic E-state index is 14.4. The van der Waals surface area contributed by atoms with Gasteiger partial charge in [0.15, 0.2) is 0 Å². The van der Waals surface area contributed by atoms with Crippen LogP contribution in [0.4, 0.5) is 11.4 Å². The molecule has 1 aromatic heterocycles. The zero-order chi connectivity index (χ0) is 28.3.